The molecule has 0 bridgehead atoms. The predicted molar refractivity (Wildman–Crippen MR) is 75.8 cm³/mol. The Balaban J connectivity index is 2.07. The summed E-state index contributed by atoms with van der Waals surface area (Å²) in [6.07, 6.45) is 7.39. The number of aromatic nitrogens is 6. The number of aromatic amines is 2. The van der Waals surface area contributed by atoms with E-state index in [9.17, 15) is 0 Å². The fourth-order valence-electron chi connectivity index (χ4n) is 2.33. The van der Waals surface area contributed by atoms with Crippen molar-refractivity contribution in [1.82, 2.24) is 30.2 Å². The van der Waals surface area contributed by atoms with E-state index >= 15 is 0 Å². The summed E-state index contributed by atoms with van der Waals surface area (Å²) in [6, 6.07) is 5.78. The minimum Gasteiger partial charge on any atom is -0.298 e. The second-order valence-corrected chi connectivity index (χ2v) is 4.83. The maximum absolute atomic E-state index is 6.11. The molecule has 0 saturated carbocycles. The number of fused-ring (bicyclic) bond motifs is 1. The average molecular weight is 285 g/mol. The Morgan fingerprint density at radius 2 is 2.10 bits per heavy atom. The summed E-state index contributed by atoms with van der Waals surface area (Å²) in [5.74, 6) is 0.715. The third-order valence-corrected chi connectivity index (χ3v) is 3.46. The van der Waals surface area contributed by atoms with Gasteiger partial charge in [0.15, 0.2) is 5.82 Å². The Labute approximate surface area is 118 Å². The first kappa shape index (κ1) is 11.2. The van der Waals surface area contributed by atoms with Crippen molar-refractivity contribution in [3.8, 4) is 16.9 Å². The maximum atomic E-state index is 6.11. The van der Waals surface area contributed by atoms with Crippen LogP contribution in [0.1, 0.15) is 0 Å². The minimum absolute atomic E-state index is 0.680. The first-order chi connectivity index (χ1) is 9.83. The summed E-state index contributed by atoms with van der Waals surface area (Å²) < 4.78 is 1.95. The van der Waals surface area contributed by atoms with Crippen molar-refractivity contribution in [2.75, 3.05) is 0 Å². The third-order valence-electron chi connectivity index (χ3n) is 3.23. The molecule has 1 aromatic carbocycles. The van der Waals surface area contributed by atoms with Crippen molar-refractivity contribution in [1.29, 1.82) is 0 Å². The molecule has 2 N–H and O–H groups in total. The first-order valence-corrected chi connectivity index (χ1v) is 6.37. The van der Waals surface area contributed by atoms with E-state index in [1.807, 2.05) is 35.2 Å². The first-order valence-electron chi connectivity index (χ1n) is 5.99. The summed E-state index contributed by atoms with van der Waals surface area (Å²) in [5.41, 5.74) is 3.05. The zero-order chi connectivity index (χ0) is 13.5. The number of rotatable bonds is 2. The van der Waals surface area contributed by atoms with Crippen LogP contribution in [0.25, 0.3) is 27.8 Å². The van der Waals surface area contributed by atoms with Crippen LogP contribution in [0.2, 0.25) is 5.02 Å². The fraction of sp³-hybridized carbons (Fsp3) is 0. The van der Waals surface area contributed by atoms with Crippen molar-refractivity contribution < 1.29 is 0 Å². The molecular formula is C13H9ClN6. The van der Waals surface area contributed by atoms with Crippen LogP contribution in [0.4, 0.5) is 0 Å². The second-order valence-electron chi connectivity index (χ2n) is 4.39. The lowest BCUT2D eigenvalue weighted by atomic mass is 10.1. The van der Waals surface area contributed by atoms with Gasteiger partial charge in [-0.3, -0.25) is 14.8 Å². The molecule has 3 heterocycles. The summed E-state index contributed by atoms with van der Waals surface area (Å²) in [6.45, 7) is 0. The lowest BCUT2D eigenvalue weighted by molar-refractivity contribution is 0.916. The van der Waals surface area contributed by atoms with E-state index in [2.05, 4.69) is 25.6 Å². The van der Waals surface area contributed by atoms with Gasteiger partial charge in [-0.15, -0.1) is 5.10 Å². The Hall–Kier alpha value is -2.60. The molecule has 0 spiro atoms. The molecule has 7 heteroatoms. The highest BCUT2D eigenvalue weighted by Gasteiger charge is 2.13. The molecule has 3 aromatic heterocycles. The predicted octanol–water partition coefficient (Wildman–Crippen LogP) is 2.79. The summed E-state index contributed by atoms with van der Waals surface area (Å²) >= 11 is 6.11. The van der Waals surface area contributed by atoms with Gasteiger partial charge in [-0.1, -0.05) is 22.9 Å². The molecule has 0 fully saturated rings. The normalized spacial score (nSPS) is 11.2. The van der Waals surface area contributed by atoms with E-state index in [0.29, 0.717) is 10.8 Å². The Kier molecular flexibility index (Phi) is 2.37. The highest BCUT2D eigenvalue weighted by Crippen LogP contribution is 2.33. The molecule has 20 heavy (non-hydrogen) atoms. The smallest absolute Gasteiger partial charge is 0.179 e. The van der Waals surface area contributed by atoms with Crippen LogP contribution in [0.5, 0.6) is 0 Å². The zero-order valence-corrected chi connectivity index (χ0v) is 11.0. The number of nitrogens with one attached hydrogen (secondary N) is 2. The molecule has 6 nitrogen and oxygen atoms in total. The molecule has 4 rings (SSSR count). The van der Waals surface area contributed by atoms with E-state index in [1.165, 1.54) is 0 Å². The van der Waals surface area contributed by atoms with Crippen molar-refractivity contribution in [2.24, 2.45) is 0 Å². The Morgan fingerprint density at radius 3 is 2.85 bits per heavy atom. The molecule has 0 saturated heterocycles. The molecule has 0 aliphatic carbocycles. The summed E-state index contributed by atoms with van der Waals surface area (Å²) in [7, 11) is 0. The number of halogens is 1. The van der Waals surface area contributed by atoms with E-state index in [1.54, 1.807) is 12.4 Å². The van der Waals surface area contributed by atoms with Crippen LogP contribution in [-0.4, -0.2) is 30.2 Å². The maximum Gasteiger partial charge on any atom is 0.179 e. The van der Waals surface area contributed by atoms with Gasteiger partial charge in [0.2, 0.25) is 0 Å². The van der Waals surface area contributed by atoms with Crippen molar-refractivity contribution in [3.05, 3.63) is 48.0 Å². The van der Waals surface area contributed by atoms with Gasteiger partial charge >= 0.3 is 0 Å². The van der Waals surface area contributed by atoms with Gasteiger partial charge < -0.3 is 0 Å². The van der Waals surface area contributed by atoms with E-state index < -0.39 is 0 Å². The second kappa shape index (κ2) is 4.21. The SMILES string of the molecule is Clc1ccc2c(-c3cn[nH]c3)cn(-c3c[nH]nn3)c2c1. The molecule has 98 valence electrons. The summed E-state index contributed by atoms with van der Waals surface area (Å²) in [5, 5.41) is 19.1. The molecule has 0 amide bonds. The molecule has 0 aliphatic rings. The average Bonchev–Trinajstić information content (AvgIpc) is 3.18. The third kappa shape index (κ3) is 1.62. The quantitative estimate of drug-likeness (QED) is 0.594. The minimum atomic E-state index is 0.680. The fourth-order valence-corrected chi connectivity index (χ4v) is 2.50. The largest absolute Gasteiger partial charge is 0.298 e. The highest BCUT2D eigenvalue weighted by atomic mass is 35.5. The van der Waals surface area contributed by atoms with Crippen LogP contribution in [0, 0.1) is 0 Å². The van der Waals surface area contributed by atoms with Crippen LogP contribution in [0.3, 0.4) is 0 Å². The van der Waals surface area contributed by atoms with Crippen molar-refractivity contribution in [2.45, 2.75) is 0 Å². The van der Waals surface area contributed by atoms with Crippen LogP contribution in [-0.2, 0) is 0 Å². The topological polar surface area (TPSA) is 75.2 Å². The van der Waals surface area contributed by atoms with Crippen LogP contribution >= 0.6 is 11.6 Å². The molecule has 0 radical (unpaired) electrons. The standard InChI is InChI=1S/C13H9ClN6/c14-9-1-2-10-11(8-4-15-16-5-8)7-20(12(10)3-9)13-6-17-19-18-13/h1-7H,(H,15,16)(H,17,18,19). The molecule has 0 unspecified atom stereocenters. The number of nitrogens with zero attached hydrogens (tertiary/aromatic N) is 4. The number of H-pyrrole nitrogens is 2. The zero-order valence-electron chi connectivity index (χ0n) is 10.2. The monoisotopic (exact) mass is 284 g/mol. The molecule has 0 atom stereocenters. The van der Waals surface area contributed by atoms with Gasteiger partial charge in [0, 0.05) is 33.9 Å². The number of hydrogen-bond acceptors (Lipinski definition) is 3. The van der Waals surface area contributed by atoms with Gasteiger partial charge in [-0.2, -0.15) is 5.10 Å². The molecule has 4 aromatic rings. The van der Waals surface area contributed by atoms with E-state index in [0.717, 1.165) is 22.0 Å². The van der Waals surface area contributed by atoms with Crippen LogP contribution < -0.4 is 0 Å². The van der Waals surface area contributed by atoms with Gasteiger partial charge in [0.1, 0.15) is 0 Å². The van der Waals surface area contributed by atoms with Gasteiger partial charge in [-0.25, -0.2) is 0 Å². The summed E-state index contributed by atoms with van der Waals surface area (Å²) in [4.78, 5) is 0. The number of benzene rings is 1. The Morgan fingerprint density at radius 1 is 1.15 bits per heavy atom. The van der Waals surface area contributed by atoms with Crippen molar-refractivity contribution in [3.63, 3.8) is 0 Å². The lowest BCUT2D eigenvalue weighted by Crippen LogP contribution is -1.91. The lowest BCUT2D eigenvalue weighted by Gasteiger charge is -1.99. The molecule has 0 aliphatic heterocycles. The molecular weight excluding hydrogens is 276 g/mol. The Bertz CT molecular complexity index is 860. The highest BCUT2D eigenvalue weighted by molar-refractivity contribution is 6.31. The van der Waals surface area contributed by atoms with E-state index in [-0.39, 0.29) is 0 Å². The van der Waals surface area contributed by atoms with Gasteiger partial charge in [-0.05, 0) is 12.1 Å². The van der Waals surface area contributed by atoms with Gasteiger partial charge in [0.25, 0.3) is 0 Å². The van der Waals surface area contributed by atoms with E-state index in [4.69, 9.17) is 11.6 Å². The van der Waals surface area contributed by atoms with Crippen LogP contribution in [0.15, 0.2) is 43.0 Å². The van der Waals surface area contributed by atoms with Gasteiger partial charge in [0.05, 0.1) is 17.9 Å². The van der Waals surface area contributed by atoms with Crippen molar-refractivity contribution >= 4 is 22.5 Å². The number of hydrogen-bond donors (Lipinski definition) is 2.